The van der Waals surface area contributed by atoms with E-state index in [0.29, 0.717) is 17.8 Å². The van der Waals surface area contributed by atoms with Gasteiger partial charge in [-0.15, -0.1) is 0 Å². The first-order valence-electron chi connectivity index (χ1n) is 7.62. The second kappa shape index (κ2) is 8.20. The van der Waals surface area contributed by atoms with E-state index in [4.69, 9.17) is 16.7 Å². The fourth-order valence-electron chi connectivity index (χ4n) is 2.26. The quantitative estimate of drug-likeness (QED) is 0.662. The summed E-state index contributed by atoms with van der Waals surface area (Å²) >= 11 is 7.51. The Balaban J connectivity index is 1.95. The molecule has 0 unspecified atom stereocenters. The molecule has 6 nitrogen and oxygen atoms in total. The van der Waals surface area contributed by atoms with Gasteiger partial charge in [0.2, 0.25) is 0 Å². The second-order valence-corrected chi connectivity index (χ2v) is 6.70. The molecule has 0 saturated heterocycles. The van der Waals surface area contributed by atoms with Crippen LogP contribution in [0.25, 0.3) is 5.69 Å². The third kappa shape index (κ3) is 4.33. The molecule has 2 aromatic heterocycles. The number of aromatic nitrogens is 3. The molecule has 9 heteroatoms. The monoisotopic (exact) mass is 392 g/mol. The van der Waals surface area contributed by atoms with Gasteiger partial charge in [0.25, 0.3) is 0 Å². The van der Waals surface area contributed by atoms with Gasteiger partial charge >= 0.3 is 6.09 Å². The fourth-order valence-corrected chi connectivity index (χ4v) is 3.39. The van der Waals surface area contributed by atoms with Crippen LogP contribution < -0.4 is 5.32 Å². The molecule has 0 aliphatic rings. The Morgan fingerprint density at radius 1 is 1.35 bits per heavy atom. The lowest BCUT2D eigenvalue weighted by Crippen LogP contribution is -2.23. The van der Waals surface area contributed by atoms with Crippen molar-refractivity contribution in [1.82, 2.24) is 20.1 Å². The van der Waals surface area contributed by atoms with Crippen molar-refractivity contribution < 1.29 is 14.3 Å². The van der Waals surface area contributed by atoms with Crippen LogP contribution in [-0.4, -0.2) is 32.5 Å². The number of amides is 1. The van der Waals surface area contributed by atoms with Crippen LogP contribution in [-0.2, 0) is 6.42 Å². The summed E-state index contributed by atoms with van der Waals surface area (Å²) in [6.07, 6.45) is 2.68. The molecule has 26 heavy (non-hydrogen) atoms. The third-order valence-corrected chi connectivity index (χ3v) is 4.75. The van der Waals surface area contributed by atoms with Gasteiger partial charge in [-0.25, -0.2) is 13.9 Å². The van der Waals surface area contributed by atoms with Gasteiger partial charge < -0.3 is 10.4 Å². The van der Waals surface area contributed by atoms with Crippen LogP contribution in [0, 0.1) is 5.82 Å². The zero-order valence-electron chi connectivity index (χ0n) is 13.4. The highest BCUT2D eigenvalue weighted by atomic mass is 35.5. The molecule has 0 fully saturated rings. The van der Waals surface area contributed by atoms with E-state index in [1.54, 1.807) is 29.2 Å². The van der Waals surface area contributed by atoms with Crippen molar-refractivity contribution in [1.29, 1.82) is 0 Å². The number of halogens is 2. The number of carbonyl (C=O) groups is 1. The topological polar surface area (TPSA) is 80.0 Å². The van der Waals surface area contributed by atoms with Crippen LogP contribution >= 0.6 is 23.4 Å². The van der Waals surface area contributed by atoms with E-state index in [1.165, 1.54) is 17.8 Å². The predicted molar refractivity (Wildman–Crippen MR) is 96.6 cm³/mol. The number of carboxylic acid groups (broad SMARTS) is 1. The average Bonchev–Trinajstić information content (AvgIpc) is 3.00. The molecule has 2 heterocycles. The van der Waals surface area contributed by atoms with Crippen molar-refractivity contribution in [3.05, 3.63) is 65.3 Å². The lowest BCUT2D eigenvalue weighted by molar-refractivity contribution is 0.194. The lowest BCUT2D eigenvalue weighted by atomic mass is 10.3. The Kier molecular flexibility index (Phi) is 5.75. The highest BCUT2D eigenvalue weighted by Crippen LogP contribution is 2.32. The number of hydrogen-bond acceptors (Lipinski definition) is 4. The Bertz CT molecular complexity index is 920. The van der Waals surface area contributed by atoms with Crippen molar-refractivity contribution in [3.63, 3.8) is 0 Å². The lowest BCUT2D eigenvalue weighted by Gasteiger charge is -2.09. The van der Waals surface area contributed by atoms with Crippen molar-refractivity contribution in [2.75, 3.05) is 6.54 Å². The maximum absolute atomic E-state index is 13.9. The van der Waals surface area contributed by atoms with E-state index in [-0.39, 0.29) is 11.6 Å². The maximum Gasteiger partial charge on any atom is 0.404 e. The van der Waals surface area contributed by atoms with Gasteiger partial charge in [0.05, 0.1) is 11.4 Å². The summed E-state index contributed by atoms with van der Waals surface area (Å²) in [6.45, 7) is 0.222. The highest BCUT2D eigenvalue weighted by Gasteiger charge is 2.15. The Morgan fingerprint density at radius 3 is 2.92 bits per heavy atom. The molecule has 0 bridgehead atoms. The fraction of sp³-hybridized carbons (Fsp3) is 0.118. The second-order valence-electron chi connectivity index (χ2n) is 5.23. The molecule has 1 aromatic carbocycles. The molecule has 0 radical (unpaired) electrons. The molecule has 0 saturated carbocycles. The minimum atomic E-state index is -1.09. The Labute approximate surface area is 158 Å². The van der Waals surface area contributed by atoms with Gasteiger partial charge in [-0.2, -0.15) is 5.10 Å². The van der Waals surface area contributed by atoms with Crippen molar-refractivity contribution in [2.45, 2.75) is 16.3 Å². The van der Waals surface area contributed by atoms with Crippen LogP contribution in [0.5, 0.6) is 0 Å². The van der Waals surface area contributed by atoms with Gasteiger partial charge in [-0.1, -0.05) is 29.4 Å². The molecule has 0 aliphatic heterocycles. The smallest absolute Gasteiger partial charge is 0.404 e. The standard InChI is InChI=1S/C17H14ClFN4O2S/c18-16-13(19)4-1-5-14(16)23-15(26-12-3-2-7-20-10-12)9-11(22-23)6-8-21-17(24)25/h1-5,7,9-10,21H,6,8H2,(H,24,25). The number of rotatable bonds is 6. The summed E-state index contributed by atoms with van der Waals surface area (Å²) in [4.78, 5) is 15.6. The SMILES string of the molecule is O=C(O)NCCc1cc(Sc2cccnc2)n(-c2cccc(F)c2Cl)n1. The average molecular weight is 393 g/mol. The van der Waals surface area contributed by atoms with Crippen molar-refractivity contribution >= 4 is 29.5 Å². The largest absolute Gasteiger partial charge is 0.465 e. The third-order valence-electron chi connectivity index (χ3n) is 3.40. The van der Waals surface area contributed by atoms with Crippen molar-refractivity contribution in [3.8, 4) is 5.69 Å². The minimum absolute atomic E-state index is 0.0288. The van der Waals surface area contributed by atoms with Crippen LogP contribution in [0.4, 0.5) is 9.18 Å². The van der Waals surface area contributed by atoms with Crippen LogP contribution in [0.3, 0.4) is 0 Å². The minimum Gasteiger partial charge on any atom is -0.465 e. The van der Waals surface area contributed by atoms with E-state index in [0.717, 1.165) is 9.92 Å². The zero-order valence-corrected chi connectivity index (χ0v) is 15.0. The number of nitrogens with one attached hydrogen (secondary N) is 1. The molecular weight excluding hydrogens is 379 g/mol. The number of benzene rings is 1. The number of pyridine rings is 1. The molecule has 1 amide bonds. The van der Waals surface area contributed by atoms with Crippen LogP contribution in [0.15, 0.2) is 58.7 Å². The molecule has 0 atom stereocenters. The van der Waals surface area contributed by atoms with Gasteiger partial charge in [0.1, 0.15) is 15.9 Å². The number of hydrogen-bond donors (Lipinski definition) is 2. The summed E-state index contributed by atoms with van der Waals surface area (Å²) in [5.74, 6) is -0.536. The van der Waals surface area contributed by atoms with Crippen LogP contribution in [0.2, 0.25) is 5.02 Å². The summed E-state index contributed by atoms with van der Waals surface area (Å²) in [6, 6.07) is 10.0. The van der Waals surface area contributed by atoms with Crippen molar-refractivity contribution in [2.24, 2.45) is 0 Å². The molecular formula is C17H14ClFN4O2S. The first-order valence-corrected chi connectivity index (χ1v) is 8.82. The predicted octanol–water partition coefficient (Wildman–Crippen LogP) is 4.02. The van der Waals surface area contributed by atoms with Gasteiger partial charge in [0.15, 0.2) is 0 Å². The van der Waals surface area contributed by atoms with E-state index in [1.807, 2.05) is 18.2 Å². The zero-order chi connectivity index (χ0) is 18.5. The summed E-state index contributed by atoms with van der Waals surface area (Å²) in [7, 11) is 0. The Hall–Kier alpha value is -2.58. The first kappa shape index (κ1) is 18.2. The molecule has 0 aliphatic carbocycles. The normalized spacial score (nSPS) is 10.7. The highest BCUT2D eigenvalue weighted by molar-refractivity contribution is 7.99. The van der Waals surface area contributed by atoms with Crippen LogP contribution in [0.1, 0.15) is 5.69 Å². The molecule has 3 rings (SSSR count). The van der Waals surface area contributed by atoms with E-state index < -0.39 is 11.9 Å². The molecule has 134 valence electrons. The Morgan fingerprint density at radius 2 is 2.19 bits per heavy atom. The van der Waals surface area contributed by atoms with E-state index >= 15 is 0 Å². The molecule has 2 N–H and O–H groups in total. The summed E-state index contributed by atoms with van der Waals surface area (Å²) < 4.78 is 15.4. The first-order chi connectivity index (χ1) is 12.5. The maximum atomic E-state index is 13.9. The summed E-state index contributed by atoms with van der Waals surface area (Å²) in [5, 5.41) is 16.1. The number of nitrogens with zero attached hydrogens (tertiary/aromatic N) is 3. The van der Waals surface area contributed by atoms with E-state index in [2.05, 4.69) is 15.4 Å². The van der Waals surface area contributed by atoms with Gasteiger partial charge in [0, 0.05) is 30.3 Å². The molecule has 3 aromatic rings. The summed E-state index contributed by atoms with van der Waals surface area (Å²) in [5.41, 5.74) is 1.07. The van der Waals surface area contributed by atoms with E-state index in [9.17, 15) is 9.18 Å². The van der Waals surface area contributed by atoms with Gasteiger partial charge in [-0.3, -0.25) is 4.98 Å². The molecule has 0 spiro atoms. The van der Waals surface area contributed by atoms with Gasteiger partial charge in [-0.05, 0) is 30.3 Å².